The van der Waals surface area contributed by atoms with Gasteiger partial charge in [-0.25, -0.2) is 0 Å². The number of anilines is 1. The maximum absolute atomic E-state index is 5.54. The van der Waals surface area contributed by atoms with Gasteiger partial charge >= 0.3 is 0 Å². The molecule has 1 aliphatic heterocycles. The smallest absolute Gasteiger partial charge is 0.142 e. The number of ether oxygens (including phenoxy) is 1. The summed E-state index contributed by atoms with van der Waals surface area (Å²) in [6, 6.07) is 20.3. The molecule has 2 aliphatic rings. The van der Waals surface area contributed by atoms with E-state index in [-0.39, 0.29) is 0 Å². The van der Waals surface area contributed by atoms with Crippen LogP contribution in [-0.4, -0.2) is 44.2 Å². The molecule has 2 aromatic carbocycles. The monoisotopic (exact) mass is 350 g/mol. The maximum atomic E-state index is 5.54. The Kier molecular flexibility index (Phi) is 5.45. The Bertz CT molecular complexity index is 686. The summed E-state index contributed by atoms with van der Waals surface area (Å²) in [6.45, 7) is 4.52. The average Bonchev–Trinajstić information content (AvgIpc) is 2.74. The molecule has 0 atom stereocenters. The van der Waals surface area contributed by atoms with Crippen molar-refractivity contribution in [3.8, 4) is 5.75 Å². The van der Waals surface area contributed by atoms with Crippen LogP contribution in [0.4, 0.5) is 5.69 Å². The average molecular weight is 351 g/mol. The number of hydrogen-bond acceptors (Lipinski definition) is 3. The van der Waals surface area contributed by atoms with E-state index in [0.717, 1.165) is 30.8 Å². The molecule has 1 heterocycles. The third-order valence-corrected chi connectivity index (χ3v) is 6.22. The summed E-state index contributed by atoms with van der Waals surface area (Å²) in [7, 11) is 1.76. The molecule has 0 bridgehead atoms. The highest BCUT2D eigenvalue weighted by molar-refractivity contribution is 5.58. The third-order valence-electron chi connectivity index (χ3n) is 6.22. The molecule has 3 heteroatoms. The van der Waals surface area contributed by atoms with Gasteiger partial charge in [0.25, 0.3) is 0 Å². The highest BCUT2D eigenvalue weighted by atomic mass is 16.5. The van der Waals surface area contributed by atoms with Gasteiger partial charge in [0.05, 0.1) is 12.8 Å². The molecular formula is C23H30N2O. The van der Waals surface area contributed by atoms with Gasteiger partial charge in [-0.3, -0.25) is 4.90 Å². The second-order valence-corrected chi connectivity index (χ2v) is 7.61. The van der Waals surface area contributed by atoms with Gasteiger partial charge in [0.15, 0.2) is 0 Å². The van der Waals surface area contributed by atoms with Crippen molar-refractivity contribution in [2.45, 2.75) is 37.6 Å². The van der Waals surface area contributed by atoms with Crippen LogP contribution >= 0.6 is 0 Å². The molecule has 0 N–H and O–H groups in total. The van der Waals surface area contributed by atoms with Crippen molar-refractivity contribution in [1.29, 1.82) is 0 Å². The van der Waals surface area contributed by atoms with E-state index in [1.807, 2.05) is 6.07 Å². The zero-order valence-corrected chi connectivity index (χ0v) is 15.8. The minimum Gasteiger partial charge on any atom is -0.495 e. The molecule has 26 heavy (non-hydrogen) atoms. The van der Waals surface area contributed by atoms with Crippen molar-refractivity contribution < 1.29 is 4.74 Å². The first-order chi connectivity index (χ1) is 12.8. The van der Waals surface area contributed by atoms with Crippen LogP contribution in [0.5, 0.6) is 5.75 Å². The lowest BCUT2D eigenvalue weighted by molar-refractivity contribution is 0.141. The van der Waals surface area contributed by atoms with E-state index in [0.29, 0.717) is 0 Å². The number of para-hydroxylation sites is 2. The minimum atomic E-state index is 0.766. The number of rotatable bonds is 4. The molecule has 3 nitrogen and oxygen atoms in total. The summed E-state index contributed by atoms with van der Waals surface area (Å²) in [5.41, 5.74) is 2.77. The van der Waals surface area contributed by atoms with E-state index in [1.54, 1.807) is 7.11 Å². The number of nitrogens with zero attached hydrogens (tertiary/aromatic N) is 2. The molecule has 0 radical (unpaired) electrons. The summed E-state index contributed by atoms with van der Waals surface area (Å²) in [6.07, 6.45) is 5.35. The Labute approximate surface area is 157 Å². The second-order valence-electron chi connectivity index (χ2n) is 7.61. The lowest BCUT2D eigenvalue weighted by atomic mass is 9.81. The maximum Gasteiger partial charge on any atom is 0.142 e. The molecule has 2 fully saturated rings. The molecular weight excluding hydrogens is 320 g/mol. The first-order valence-corrected chi connectivity index (χ1v) is 10.0. The van der Waals surface area contributed by atoms with E-state index in [4.69, 9.17) is 4.74 Å². The Morgan fingerprint density at radius 3 is 2.12 bits per heavy atom. The Morgan fingerprint density at radius 2 is 1.42 bits per heavy atom. The lowest BCUT2D eigenvalue weighted by Gasteiger charge is -2.43. The largest absolute Gasteiger partial charge is 0.495 e. The van der Waals surface area contributed by atoms with E-state index < -0.39 is 0 Å². The van der Waals surface area contributed by atoms with Crippen molar-refractivity contribution in [1.82, 2.24) is 4.90 Å². The normalized spacial score (nSPS) is 24.4. The van der Waals surface area contributed by atoms with E-state index in [1.165, 1.54) is 50.0 Å². The van der Waals surface area contributed by atoms with Gasteiger partial charge in [-0.1, -0.05) is 42.5 Å². The van der Waals surface area contributed by atoms with Gasteiger partial charge in [0, 0.05) is 32.2 Å². The molecule has 0 spiro atoms. The van der Waals surface area contributed by atoms with Gasteiger partial charge in [0.2, 0.25) is 0 Å². The van der Waals surface area contributed by atoms with Crippen LogP contribution in [0.25, 0.3) is 0 Å². The zero-order chi connectivity index (χ0) is 17.8. The number of piperazine rings is 1. The summed E-state index contributed by atoms with van der Waals surface area (Å²) in [5, 5.41) is 0. The highest BCUT2D eigenvalue weighted by Crippen LogP contribution is 2.35. The van der Waals surface area contributed by atoms with E-state index in [9.17, 15) is 0 Å². The van der Waals surface area contributed by atoms with Crippen molar-refractivity contribution in [2.24, 2.45) is 0 Å². The van der Waals surface area contributed by atoms with Gasteiger partial charge in [0.1, 0.15) is 5.75 Å². The van der Waals surface area contributed by atoms with Crippen LogP contribution in [-0.2, 0) is 0 Å². The standard InChI is InChI=1S/C23H30N2O/c1-26-23-10-6-5-9-22(23)25-17-15-24(16-18-25)21-13-11-20(12-14-21)19-7-3-2-4-8-19/h2-10,20-21H,11-18H2,1H3/t20-,21-. The molecule has 1 saturated carbocycles. The molecule has 4 rings (SSSR count). The molecule has 1 aliphatic carbocycles. The van der Waals surface area contributed by atoms with Gasteiger partial charge in [-0.2, -0.15) is 0 Å². The summed E-state index contributed by atoms with van der Waals surface area (Å²) in [5.74, 6) is 1.76. The van der Waals surface area contributed by atoms with Crippen molar-refractivity contribution in [2.75, 3.05) is 38.2 Å². The topological polar surface area (TPSA) is 15.7 Å². The Morgan fingerprint density at radius 1 is 0.769 bits per heavy atom. The number of hydrogen-bond donors (Lipinski definition) is 0. The van der Waals surface area contributed by atoms with E-state index >= 15 is 0 Å². The van der Waals surface area contributed by atoms with Gasteiger partial charge in [-0.05, 0) is 49.3 Å². The van der Waals surface area contributed by atoms with Crippen LogP contribution in [0.2, 0.25) is 0 Å². The molecule has 0 aromatic heterocycles. The minimum absolute atomic E-state index is 0.766. The van der Waals surface area contributed by atoms with Crippen LogP contribution in [0.3, 0.4) is 0 Å². The van der Waals surface area contributed by atoms with Crippen molar-refractivity contribution in [3.63, 3.8) is 0 Å². The fourth-order valence-corrected chi connectivity index (χ4v) is 4.72. The first-order valence-electron chi connectivity index (χ1n) is 10.0. The number of methoxy groups -OCH3 is 1. The fraction of sp³-hybridized carbons (Fsp3) is 0.478. The molecule has 1 saturated heterocycles. The lowest BCUT2D eigenvalue weighted by Crippen LogP contribution is -2.51. The van der Waals surface area contributed by atoms with Crippen molar-refractivity contribution in [3.05, 3.63) is 60.2 Å². The van der Waals surface area contributed by atoms with Gasteiger partial charge < -0.3 is 9.64 Å². The molecule has 2 aromatic rings. The summed E-state index contributed by atoms with van der Waals surface area (Å²) < 4.78 is 5.54. The van der Waals surface area contributed by atoms with Crippen LogP contribution < -0.4 is 9.64 Å². The second kappa shape index (κ2) is 8.13. The SMILES string of the molecule is COc1ccccc1N1CCN([C@H]2CC[C@H](c3ccccc3)CC2)CC1. The predicted octanol–water partition coefficient (Wildman–Crippen LogP) is 4.54. The predicted molar refractivity (Wildman–Crippen MR) is 108 cm³/mol. The molecule has 0 unspecified atom stereocenters. The van der Waals surface area contributed by atoms with Crippen LogP contribution in [0.1, 0.15) is 37.2 Å². The van der Waals surface area contributed by atoms with E-state index in [2.05, 4.69) is 58.3 Å². The molecule has 138 valence electrons. The Hall–Kier alpha value is -2.00. The van der Waals surface area contributed by atoms with Crippen LogP contribution in [0, 0.1) is 0 Å². The van der Waals surface area contributed by atoms with Gasteiger partial charge in [-0.15, -0.1) is 0 Å². The molecule has 0 amide bonds. The fourth-order valence-electron chi connectivity index (χ4n) is 4.72. The van der Waals surface area contributed by atoms with Crippen molar-refractivity contribution >= 4 is 5.69 Å². The first kappa shape index (κ1) is 17.4. The number of benzene rings is 2. The third kappa shape index (κ3) is 3.73. The van der Waals surface area contributed by atoms with Crippen LogP contribution in [0.15, 0.2) is 54.6 Å². The Balaban J connectivity index is 1.30. The highest BCUT2D eigenvalue weighted by Gasteiger charge is 2.29. The summed E-state index contributed by atoms with van der Waals surface area (Å²) in [4.78, 5) is 5.21. The summed E-state index contributed by atoms with van der Waals surface area (Å²) >= 11 is 0. The quantitative estimate of drug-likeness (QED) is 0.805. The zero-order valence-electron chi connectivity index (χ0n) is 15.8.